The molecule has 18 heteroatoms. The quantitative estimate of drug-likeness (QED) is 0.0750. The zero-order chi connectivity index (χ0) is 30.3. The van der Waals surface area contributed by atoms with E-state index in [0.717, 1.165) is 0 Å². The van der Waals surface area contributed by atoms with Crippen molar-refractivity contribution in [3.05, 3.63) is 122 Å². The van der Waals surface area contributed by atoms with E-state index in [1.807, 2.05) is 0 Å². The maximum Gasteiger partial charge on any atom is 1.00 e. The number of benzene rings is 4. The molecule has 0 unspecified atom stereocenters. The first-order chi connectivity index (χ1) is 18.5. The summed E-state index contributed by atoms with van der Waals surface area (Å²) in [7, 11) is 0. The van der Waals surface area contributed by atoms with Crippen LogP contribution in [0.15, 0.2) is 0 Å². The number of rotatable bonds is 3. The van der Waals surface area contributed by atoms with Crippen LogP contribution in [0.1, 0.15) is 16.7 Å². The topological polar surface area (TPSA) is 0 Å². The Hall–Kier alpha value is -3.58. The fourth-order valence-corrected chi connectivity index (χ4v) is 3.73. The van der Waals surface area contributed by atoms with Crippen molar-refractivity contribution in [2.75, 3.05) is 0 Å². The minimum atomic E-state index is -3.17. The smallest absolute Gasteiger partial charge is 0.239 e. The summed E-state index contributed by atoms with van der Waals surface area (Å²) in [5, 5.41) is -4.92. The number of halogens is 17. The second-order valence-electron chi connectivity index (χ2n) is 7.59. The summed E-state index contributed by atoms with van der Waals surface area (Å²) in [4.78, 5) is 0. The molecule has 0 nitrogen and oxygen atoms in total. The molecule has 0 saturated heterocycles. The van der Waals surface area contributed by atoms with E-state index in [1.54, 1.807) is 0 Å². The molecule has 0 aliphatic heterocycles. The Labute approximate surface area is 226 Å². The minimum Gasteiger partial charge on any atom is -0.239 e. The predicted molar refractivity (Wildman–Crippen MR) is 96.7 cm³/mol. The van der Waals surface area contributed by atoms with Gasteiger partial charge in [-0.15, -0.1) is 0 Å². The van der Waals surface area contributed by atoms with E-state index in [4.69, 9.17) is 0 Å². The molecule has 212 valence electrons. The number of fused-ring (bicyclic) bond motifs is 1. The Balaban J connectivity index is 0.00000462. The van der Waals surface area contributed by atoms with Crippen LogP contribution < -0.4 is 18.9 Å². The van der Waals surface area contributed by atoms with E-state index in [-0.39, 0.29) is 18.9 Å². The van der Waals surface area contributed by atoms with E-state index >= 15 is 8.78 Å². The summed E-state index contributed by atoms with van der Waals surface area (Å²) >= 11 is 0. The third-order valence-electron chi connectivity index (χ3n) is 5.51. The second kappa shape index (κ2) is 10.7. The molecule has 0 atom stereocenters. The molecule has 0 N–H and O–H groups in total. The molecule has 0 heterocycles. The summed E-state index contributed by atoms with van der Waals surface area (Å²) < 4.78 is 243. The van der Waals surface area contributed by atoms with Crippen LogP contribution in [0.2, 0.25) is 0 Å². The molecular weight excluding hydrogens is 606 g/mol. The Morgan fingerprint density at radius 2 is 0.390 bits per heavy atom. The van der Waals surface area contributed by atoms with Gasteiger partial charge in [-0.3, -0.25) is 0 Å². The van der Waals surface area contributed by atoms with Gasteiger partial charge in [0, 0.05) is 5.39 Å². The van der Waals surface area contributed by atoms with Crippen molar-refractivity contribution in [3.63, 3.8) is 0 Å². The molecule has 4 rings (SSSR count). The van der Waals surface area contributed by atoms with Gasteiger partial charge in [0.05, 0.1) is 11.2 Å². The number of hydrogen-bond donors (Lipinski definition) is 0. The molecule has 0 aliphatic rings. The summed E-state index contributed by atoms with van der Waals surface area (Å²) in [6.45, 7) is 0. The number of hydrogen-bond acceptors (Lipinski definition) is 0. The third kappa shape index (κ3) is 4.28. The molecule has 41 heavy (non-hydrogen) atoms. The van der Waals surface area contributed by atoms with Crippen LogP contribution in [0.5, 0.6) is 0 Å². The molecule has 4 aromatic carbocycles. The molecule has 0 aliphatic carbocycles. The van der Waals surface area contributed by atoms with Crippen LogP contribution in [0, 0.1) is 105 Å². The molecule has 4 aromatic rings. The van der Waals surface area contributed by atoms with Gasteiger partial charge >= 0.3 is 18.9 Å². The van der Waals surface area contributed by atoms with Crippen LogP contribution in [0.3, 0.4) is 0 Å². The van der Waals surface area contributed by atoms with Crippen molar-refractivity contribution in [2.45, 2.75) is 0 Å². The van der Waals surface area contributed by atoms with Gasteiger partial charge in [-0.1, -0.05) is 5.92 Å². The van der Waals surface area contributed by atoms with Crippen molar-refractivity contribution in [1.82, 2.24) is 0 Å². The van der Waals surface area contributed by atoms with Crippen LogP contribution in [0.4, 0.5) is 74.6 Å². The van der Waals surface area contributed by atoms with E-state index in [2.05, 4.69) is 0 Å². The summed E-state index contributed by atoms with van der Waals surface area (Å²) in [5.74, 6) is -54.9. The van der Waals surface area contributed by atoms with Gasteiger partial charge in [-0.2, -0.15) is 0 Å². The predicted octanol–water partition coefficient (Wildman–Crippen LogP) is 5.23. The van der Waals surface area contributed by atoms with E-state index < -0.39 is 132 Å². The molecule has 0 radical (unpaired) electrons. The molecule has 0 aromatic heterocycles. The molecule has 0 spiro atoms. The molecule has 0 saturated carbocycles. The average molecular weight is 606 g/mol. The SMILES string of the molecule is Fc1c(F)c(F)c([C-](c2c(F)c(F)c(F)c(F)c2F)c2c(F)c(F)c3c(F)c(F)c(F)c(F)c3c2F)c(F)c1F.[Li+]. The Morgan fingerprint density at radius 3 is 0.707 bits per heavy atom. The van der Waals surface area contributed by atoms with Crippen LogP contribution in [-0.4, -0.2) is 0 Å². The van der Waals surface area contributed by atoms with Crippen molar-refractivity contribution in [3.8, 4) is 0 Å². The van der Waals surface area contributed by atoms with Crippen molar-refractivity contribution < 1.29 is 93.5 Å². The zero-order valence-corrected chi connectivity index (χ0v) is 18.9. The zero-order valence-electron chi connectivity index (χ0n) is 18.9. The molecule has 0 amide bonds. The largest absolute Gasteiger partial charge is 1.00 e. The fourth-order valence-electron chi connectivity index (χ4n) is 3.73. The third-order valence-corrected chi connectivity index (χ3v) is 5.51. The van der Waals surface area contributed by atoms with Gasteiger partial charge in [0.15, 0.2) is 58.2 Å². The maximum absolute atomic E-state index is 15.4. The second-order valence-corrected chi connectivity index (χ2v) is 7.59. The van der Waals surface area contributed by atoms with Crippen LogP contribution in [0.25, 0.3) is 10.8 Å². The van der Waals surface area contributed by atoms with E-state index in [9.17, 15) is 65.9 Å². The van der Waals surface area contributed by atoms with E-state index in [1.165, 1.54) is 0 Å². The average Bonchev–Trinajstić information content (AvgIpc) is 2.92. The molecule has 0 bridgehead atoms. The van der Waals surface area contributed by atoms with E-state index in [0.29, 0.717) is 0 Å². The summed E-state index contributed by atoms with van der Waals surface area (Å²) in [5.41, 5.74) is -8.57. The monoisotopic (exact) mass is 606 g/mol. The molecule has 0 fully saturated rings. The first-order valence-electron chi connectivity index (χ1n) is 9.71. The minimum absolute atomic E-state index is 0. The van der Waals surface area contributed by atoms with Gasteiger partial charge in [0.1, 0.15) is 34.9 Å². The van der Waals surface area contributed by atoms with Crippen molar-refractivity contribution >= 4 is 10.8 Å². The van der Waals surface area contributed by atoms with Crippen LogP contribution >= 0.6 is 0 Å². The van der Waals surface area contributed by atoms with Crippen LogP contribution in [-0.2, 0) is 0 Å². The Morgan fingerprint density at radius 1 is 0.220 bits per heavy atom. The first-order valence-corrected chi connectivity index (χ1v) is 9.71. The maximum atomic E-state index is 15.4. The summed E-state index contributed by atoms with van der Waals surface area (Å²) in [6.07, 6.45) is 0. The van der Waals surface area contributed by atoms with Crippen molar-refractivity contribution in [2.24, 2.45) is 0 Å². The van der Waals surface area contributed by atoms with Crippen molar-refractivity contribution in [1.29, 1.82) is 0 Å². The van der Waals surface area contributed by atoms with Gasteiger partial charge < -0.3 is 0 Å². The fraction of sp³-hybridized carbons (Fsp3) is 0. The Kier molecular flexibility index (Phi) is 8.32. The van der Waals surface area contributed by atoms with Gasteiger partial charge in [-0.05, 0) is 16.7 Å². The normalized spacial score (nSPS) is 11.3. The molecular formula is C23F17Li. The standard InChI is InChI=1S/C23F17.Li/c24-7-2(8(25)9(26)6-5(7)14(31)16(33)17(34)15(6)32)1(3-10(27)18(35)22(39)19(36)11(3)28)4-12(29)20(37)23(40)21(38)13(4)30;/q-1;+1. The van der Waals surface area contributed by atoms with Gasteiger partial charge in [-0.25, -0.2) is 74.6 Å². The first kappa shape index (κ1) is 31.9. The summed E-state index contributed by atoms with van der Waals surface area (Å²) in [6, 6.07) is 0. The Bertz CT molecular complexity index is 1650. The van der Waals surface area contributed by atoms with Gasteiger partial charge in [0.2, 0.25) is 0 Å². The van der Waals surface area contributed by atoms with Gasteiger partial charge in [0.25, 0.3) is 0 Å².